The van der Waals surface area contributed by atoms with Gasteiger partial charge in [-0.15, -0.1) is 0 Å². The van der Waals surface area contributed by atoms with Crippen LogP contribution in [0.15, 0.2) is 59.7 Å². The maximum Gasteiger partial charge on any atom is 0.343 e. The van der Waals surface area contributed by atoms with E-state index < -0.39 is 17.8 Å². The molecule has 0 aliphatic carbocycles. The van der Waals surface area contributed by atoms with Gasteiger partial charge in [0.05, 0.1) is 13.3 Å². The van der Waals surface area contributed by atoms with E-state index in [0.717, 1.165) is 5.56 Å². The number of ether oxygens (including phenoxy) is 2. The third-order valence-corrected chi connectivity index (χ3v) is 3.59. The quantitative estimate of drug-likeness (QED) is 0.307. The summed E-state index contributed by atoms with van der Waals surface area (Å²) in [6.07, 6.45) is 2.02. The van der Waals surface area contributed by atoms with Crippen LogP contribution in [0.5, 0.6) is 5.75 Å². The molecule has 0 bridgehead atoms. The zero-order chi connectivity index (χ0) is 20.2. The summed E-state index contributed by atoms with van der Waals surface area (Å²) in [6.45, 7) is 0.173. The van der Waals surface area contributed by atoms with Gasteiger partial charge in [0.25, 0.3) is 0 Å². The van der Waals surface area contributed by atoms with Crippen molar-refractivity contribution in [1.82, 2.24) is 10.7 Å². The molecule has 0 spiro atoms. The molecule has 0 heterocycles. The lowest BCUT2D eigenvalue weighted by molar-refractivity contribution is -0.142. The Labute approximate surface area is 162 Å². The molecule has 2 aromatic carbocycles. The van der Waals surface area contributed by atoms with Gasteiger partial charge in [-0.1, -0.05) is 30.3 Å². The summed E-state index contributed by atoms with van der Waals surface area (Å²) in [5.74, 6) is -1.58. The molecule has 2 N–H and O–H groups in total. The van der Waals surface area contributed by atoms with Crippen LogP contribution in [-0.4, -0.2) is 44.3 Å². The molecule has 0 atom stereocenters. The normalized spacial score (nSPS) is 10.3. The average Bonchev–Trinajstić information content (AvgIpc) is 2.73. The first kappa shape index (κ1) is 20.6. The summed E-state index contributed by atoms with van der Waals surface area (Å²) in [5.41, 5.74) is 3.91. The van der Waals surface area contributed by atoms with Crippen LogP contribution in [0, 0.1) is 0 Å². The number of rotatable bonds is 8. The van der Waals surface area contributed by atoms with Crippen LogP contribution in [-0.2, 0) is 25.5 Å². The van der Waals surface area contributed by atoms with Crippen molar-refractivity contribution in [2.45, 2.75) is 6.42 Å². The van der Waals surface area contributed by atoms with E-state index in [1.165, 1.54) is 13.3 Å². The van der Waals surface area contributed by atoms with E-state index in [2.05, 4.69) is 20.6 Å². The Bertz CT molecular complexity index is 819. The number of nitrogens with one attached hydrogen (secondary N) is 2. The molecule has 2 amide bonds. The molecule has 28 heavy (non-hydrogen) atoms. The Morgan fingerprint density at radius 3 is 2.39 bits per heavy atom. The molecule has 2 aromatic rings. The van der Waals surface area contributed by atoms with Gasteiger partial charge in [0.1, 0.15) is 5.75 Å². The third kappa shape index (κ3) is 7.28. The van der Waals surface area contributed by atoms with Gasteiger partial charge < -0.3 is 14.8 Å². The Morgan fingerprint density at radius 2 is 1.71 bits per heavy atom. The summed E-state index contributed by atoms with van der Waals surface area (Å²) in [6, 6.07) is 16.3. The second-order valence-corrected chi connectivity index (χ2v) is 5.62. The predicted octanol–water partition coefficient (Wildman–Crippen LogP) is 1.05. The van der Waals surface area contributed by atoms with E-state index >= 15 is 0 Å². The first-order chi connectivity index (χ1) is 13.6. The van der Waals surface area contributed by atoms with Crippen LogP contribution in [0.2, 0.25) is 0 Å². The molecule has 0 aromatic heterocycles. The number of benzene rings is 2. The lowest BCUT2D eigenvalue weighted by Gasteiger charge is -2.05. The van der Waals surface area contributed by atoms with E-state index in [1.807, 2.05) is 30.3 Å². The molecule has 8 nitrogen and oxygen atoms in total. The predicted molar refractivity (Wildman–Crippen MR) is 103 cm³/mol. The number of methoxy groups -OCH3 is 1. The van der Waals surface area contributed by atoms with E-state index in [-0.39, 0.29) is 6.61 Å². The number of carbonyl (C=O) groups excluding carboxylic acids is 3. The first-order valence-electron chi connectivity index (χ1n) is 8.53. The molecule has 146 valence electrons. The maximum atomic E-state index is 11.7. The van der Waals surface area contributed by atoms with Gasteiger partial charge >= 0.3 is 17.8 Å². The fourth-order valence-corrected chi connectivity index (χ4v) is 2.11. The largest absolute Gasteiger partial charge is 0.482 e. The van der Waals surface area contributed by atoms with Gasteiger partial charge in [-0.3, -0.25) is 9.59 Å². The molecule has 0 saturated carbocycles. The number of hydrogen-bond acceptors (Lipinski definition) is 6. The maximum absolute atomic E-state index is 11.7. The molecule has 2 rings (SSSR count). The fourth-order valence-electron chi connectivity index (χ4n) is 2.11. The molecule has 0 unspecified atom stereocenters. The minimum atomic E-state index is -0.845. The van der Waals surface area contributed by atoms with Gasteiger partial charge in [0.15, 0.2) is 6.61 Å². The monoisotopic (exact) mass is 383 g/mol. The van der Waals surface area contributed by atoms with E-state index in [1.54, 1.807) is 24.3 Å². The van der Waals surface area contributed by atoms with Crippen molar-refractivity contribution in [3.8, 4) is 5.75 Å². The highest BCUT2D eigenvalue weighted by atomic mass is 16.6. The second kappa shape index (κ2) is 11.1. The van der Waals surface area contributed by atoms with Gasteiger partial charge in [0.2, 0.25) is 0 Å². The number of hydrogen-bond donors (Lipinski definition) is 2. The molecule has 8 heteroatoms. The molecule has 0 aliphatic heterocycles. The van der Waals surface area contributed by atoms with E-state index in [0.29, 0.717) is 24.3 Å². The highest BCUT2D eigenvalue weighted by molar-refractivity contribution is 6.35. The Kier molecular flexibility index (Phi) is 8.19. The van der Waals surface area contributed by atoms with Crippen LogP contribution >= 0.6 is 0 Å². The van der Waals surface area contributed by atoms with Crippen LogP contribution in [0.25, 0.3) is 0 Å². The van der Waals surface area contributed by atoms with Crippen molar-refractivity contribution in [2.24, 2.45) is 5.10 Å². The first-order valence-corrected chi connectivity index (χ1v) is 8.53. The van der Waals surface area contributed by atoms with Crippen molar-refractivity contribution in [3.63, 3.8) is 0 Å². The van der Waals surface area contributed by atoms with Gasteiger partial charge in [0, 0.05) is 6.54 Å². The molecular formula is C20H21N3O5. The number of amides is 2. The van der Waals surface area contributed by atoms with E-state index in [9.17, 15) is 14.4 Å². The van der Waals surface area contributed by atoms with Gasteiger partial charge in [-0.25, -0.2) is 10.2 Å². The fraction of sp³-hybridized carbons (Fsp3) is 0.200. The van der Waals surface area contributed by atoms with E-state index in [4.69, 9.17) is 4.74 Å². The van der Waals surface area contributed by atoms with Gasteiger partial charge in [-0.05, 0) is 41.8 Å². The SMILES string of the molecule is COC(=O)COc1ccc(C=NNC(=O)C(=O)NCCc2ccccc2)cc1. The second-order valence-electron chi connectivity index (χ2n) is 5.62. The summed E-state index contributed by atoms with van der Waals surface area (Å²) in [7, 11) is 1.28. The molecule has 0 aliphatic rings. The Morgan fingerprint density at radius 1 is 1.00 bits per heavy atom. The standard InChI is InChI=1S/C20H21N3O5/c1-27-18(24)14-28-17-9-7-16(8-10-17)13-22-23-20(26)19(25)21-12-11-15-5-3-2-4-6-15/h2-10,13H,11-12,14H2,1H3,(H,21,25)(H,23,26). The molecule has 0 radical (unpaired) electrons. The number of hydrazone groups is 1. The molecule has 0 saturated heterocycles. The van der Waals surface area contributed by atoms with Crippen LogP contribution in [0.4, 0.5) is 0 Å². The van der Waals surface area contributed by atoms with Crippen molar-refractivity contribution >= 4 is 24.0 Å². The smallest absolute Gasteiger partial charge is 0.343 e. The minimum Gasteiger partial charge on any atom is -0.482 e. The van der Waals surface area contributed by atoms with Crippen LogP contribution < -0.4 is 15.5 Å². The van der Waals surface area contributed by atoms with Crippen LogP contribution in [0.1, 0.15) is 11.1 Å². The van der Waals surface area contributed by atoms with Crippen molar-refractivity contribution in [1.29, 1.82) is 0 Å². The molecular weight excluding hydrogens is 362 g/mol. The lowest BCUT2D eigenvalue weighted by atomic mass is 10.1. The lowest BCUT2D eigenvalue weighted by Crippen LogP contribution is -2.38. The average molecular weight is 383 g/mol. The van der Waals surface area contributed by atoms with Crippen molar-refractivity contribution < 1.29 is 23.9 Å². The highest BCUT2D eigenvalue weighted by Crippen LogP contribution is 2.11. The number of esters is 1. The topological polar surface area (TPSA) is 106 Å². The zero-order valence-electron chi connectivity index (χ0n) is 15.4. The number of nitrogens with zero attached hydrogens (tertiary/aromatic N) is 1. The molecule has 0 fully saturated rings. The van der Waals surface area contributed by atoms with Crippen LogP contribution in [0.3, 0.4) is 0 Å². The summed E-state index contributed by atoms with van der Waals surface area (Å²) >= 11 is 0. The van der Waals surface area contributed by atoms with Gasteiger partial charge in [-0.2, -0.15) is 5.10 Å². The van der Waals surface area contributed by atoms with Crippen molar-refractivity contribution in [2.75, 3.05) is 20.3 Å². The number of carbonyl (C=O) groups is 3. The minimum absolute atomic E-state index is 0.181. The zero-order valence-corrected chi connectivity index (χ0v) is 15.4. The van der Waals surface area contributed by atoms with Crippen molar-refractivity contribution in [3.05, 3.63) is 65.7 Å². The summed E-state index contributed by atoms with van der Waals surface area (Å²) in [5, 5.41) is 6.28. The summed E-state index contributed by atoms with van der Waals surface area (Å²) < 4.78 is 9.70. The summed E-state index contributed by atoms with van der Waals surface area (Å²) in [4.78, 5) is 34.4. The Hall–Kier alpha value is -3.68. The highest BCUT2D eigenvalue weighted by Gasteiger charge is 2.11. The Balaban J connectivity index is 1.71. The third-order valence-electron chi connectivity index (χ3n) is 3.59.